The molecular weight excluding hydrogens is 504 g/mol. The lowest BCUT2D eigenvalue weighted by Gasteiger charge is -2.34. The second-order valence-corrected chi connectivity index (χ2v) is 9.99. The van der Waals surface area contributed by atoms with Crippen LogP contribution in [0, 0.1) is 11.6 Å². The van der Waals surface area contributed by atoms with Crippen molar-refractivity contribution in [3.05, 3.63) is 65.4 Å². The summed E-state index contributed by atoms with van der Waals surface area (Å²) in [5.74, 6) is -1.39. The average molecular weight is 537 g/mol. The Bertz CT molecular complexity index is 1510. The van der Waals surface area contributed by atoms with Crippen molar-refractivity contribution < 1.29 is 23.3 Å². The Labute approximate surface area is 224 Å². The van der Waals surface area contributed by atoms with Crippen LogP contribution >= 0.6 is 0 Å². The number of carbonyl (C=O) groups excluding carboxylic acids is 1. The maximum atomic E-state index is 14.0. The van der Waals surface area contributed by atoms with Crippen LogP contribution in [0.5, 0.6) is 5.75 Å². The van der Waals surface area contributed by atoms with Crippen LogP contribution < -0.4 is 26.1 Å². The molecule has 11 heteroatoms. The first-order valence-corrected chi connectivity index (χ1v) is 12.9. The molecule has 2 aromatic heterocycles. The van der Waals surface area contributed by atoms with E-state index in [0.717, 1.165) is 38.1 Å². The predicted octanol–water partition coefficient (Wildman–Crippen LogP) is 4.84. The van der Waals surface area contributed by atoms with Gasteiger partial charge in [-0.1, -0.05) is 11.1 Å². The molecule has 0 atom stereocenters. The lowest BCUT2D eigenvalue weighted by molar-refractivity contribution is -0.333. The van der Waals surface area contributed by atoms with Gasteiger partial charge < -0.3 is 20.7 Å². The lowest BCUT2D eigenvalue weighted by Crippen LogP contribution is -2.37. The number of halogens is 2. The quantitative estimate of drug-likeness (QED) is 0.256. The van der Waals surface area contributed by atoms with Crippen molar-refractivity contribution in [2.24, 2.45) is 5.73 Å². The number of aromatic nitrogens is 3. The molecule has 4 aromatic rings. The normalized spacial score (nSPS) is 14.6. The summed E-state index contributed by atoms with van der Waals surface area (Å²) in [5.41, 5.74) is 7.75. The van der Waals surface area contributed by atoms with Gasteiger partial charge in [-0.2, -0.15) is 0 Å². The zero-order valence-electron chi connectivity index (χ0n) is 22.1. The van der Waals surface area contributed by atoms with Gasteiger partial charge in [0.15, 0.2) is 17.4 Å². The van der Waals surface area contributed by atoms with Gasteiger partial charge >= 0.3 is 5.95 Å². The van der Waals surface area contributed by atoms with Gasteiger partial charge in [0, 0.05) is 18.3 Å². The number of fused-ring (bicyclic) bond motifs is 1. The van der Waals surface area contributed by atoms with E-state index in [2.05, 4.69) is 56.5 Å². The van der Waals surface area contributed by atoms with E-state index in [9.17, 15) is 13.6 Å². The third kappa shape index (κ3) is 5.49. The Morgan fingerprint density at radius 2 is 1.87 bits per heavy atom. The number of aromatic amines is 2. The largest absolute Gasteiger partial charge is 0.493 e. The Morgan fingerprint density at radius 3 is 2.56 bits per heavy atom. The second-order valence-electron chi connectivity index (χ2n) is 9.99. The van der Waals surface area contributed by atoms with Crippen LogP contribution in [0.4, 0.5) is 31.9 Å². The monoisotopic (exact) mass is 536 g/mol. The first kappa shape index (κ1) is 26.4. The highest BCUT2D eigenvalue weighted by Gasteiger charge is 2.24. The molecule has 0 spiro atoms. The number of carbonyl (C=O) groups is 1. The number of hydrogen-bond acceptors (Lipinski definition) is 6. The van der Waals surface area contributed by atoms with Crippen molar-refractivity contribution >= 4 is 40.1 Å². The van der Waals surface area contributed by atoms with E-state index < -0.39 is 17.5 Å². The molecule has 39 heavy (non-hydrogen) atoms. The van der Waals surface area contributed by atoms with Crippen LogP contribution in [0.3, 0.4) is 0 Å². The zero-order valence-corrected chi connectivity index (χ0v) is 22.1. The predicted molar refractivity (Wildman–Crippen MR) is 146 cm³/mol. The fourth-order valence-electron chi connectivity index (χ4n) is 5.07. The van der Waals surface area contributed by atoms with Crippen LogP contribution in [0.2, 0.25) is 0 Å². The Morgan fingerprint density at radius 1 is 1.13 bits per heavy atom. The number of likely N-dealkylation sites (tertiary alicyclic amines) is 1. The molecule has 0 bridgehead atoms. The number of nitrogens with one attached hydrogen (secondary N) is 4. The molecular formula is C28H32F2N7O2+. The molecule has 1 aliphatic heterocycles. The molecule has 0 unspecified atom stereocenters. The van der Waals surface area contributed by atoms with E-state index in [-0.39, 0.29) is 11.3 Å². The highest BCUT2D eigenvalue weighted by atomic mass is 19.2. The lowest BCUT2D eigenvalue weighted by atomic mass is 9.88. The molecule has 0 radical (unpaired) electrons. The van der Waals surface area contributed by atoms with Crippen molar-refractivity contribution in [3.63, 3.8) is 0 Å². The number of rotatable bonds is 8. The first-order valence-electron chi connectivity index (χ1n) is 12.9. The highest BCUT2D eigenvalue weighted by Crippen LogP contribution is 2.35. The number of nitrogens with zero attached hydrogens (tertiary/aromatic N) is 2. The number of primary amides is 1. The van der Waals surface area contributed by atoms with E-state index in [1.54, 1.807) is 19.4 Å². The minimum Gasteiger partial charge on any atom is -0.493 e. The first-order chi connectivity index (χ1) is 18.7. The van der Waals surface area contributed by atoms with Crippen LogP contribution in [0.25, 0.3) is 11.0 Å². The molecule has 3 heterocycles. The minimum absolute atomic E-state index is 0.000928. The van der Waals surface area contributed by atoms with Crippen molar-refractivity contribution in [2.75, 3.05) is 30.8 Å². The molecule has 9 nitrogen and oxygen atoms in total. The highest BCUT2D eigenvalue weighted by molar-refractivity contribution is 6.00. The Balaban J connectivity index is 1.43. The van der Waals surface area contributed by atoms with Gasteiger partial charge in [-0.25, -0.2) is 13.8 Å². The van der Waals surface area contributed by atoms with Crippen molar-refractivity contribution in [3.8, 4) is 5.75 Å². The fourth-order valence-corrected chi connectivity index (χ4v) is 5.07. The molecule has 204 valence electrons. The Hall–Kier alpha value is -4.25. The van der Waals surface area contributed by atoms with Crippen molar-refractivity contribution in [2.45, 2.75) is 38.6 Å². The van der Waals surface area contributed by atoms with E-state index in [1.165, 1.54) is 5.56 Å². The number of nitrogens with two attached hydrogens (primary N) is 1. The Kier molecular flexibility index (Phi) is 7.34. The van der Waals surface area contributed by atoms with E-state index in [1.807, 2.05) is 6.07 Å². The molecule has 1 fully saturated rings. The number of hydrogen-bond donors (Lipinski definition) is 4. The minimum atomic E-state index is -1.17. The van der Waals surface area contributed by atoms with E-state index in [4.69, 9.17) is 10.5 Å². The van der Waals surface area contributed by atoms with Crippen LogP contribution in [0.15, 0.2) is 42.6 Å². The maximum Gasteiger partial charge on any atom is 0.351 e. The van der Waals surface area contributed by atoms with Gasteiger partial charge in [-0.3, -0.25) is 15.1 Å². The van der Waals surface area contributed by atoms with Crippen molar-refractivity contribution in [1.82, 2.24) is 14.9 Å². The van der Waals surface area contributed by atoms with E-state index >= 15 is 0 Å². The van der Waals surface area contributed by atoms with Crippen molar-refractivity contribution in [1.29, 1.82) is 0 Å². The standard InChI is InChI=1S/C28H31F2N7O2/c1-15(2)37-10-7-16(8-11-37)17-4-5-22(24(12-17)39-3)34-28-35-26-18(6-9-32-26)27(36-28)33-23-14-21(30)20(29)13-19(23)25(31)38/h4-6,9,12-16H,7-8,10-11H2,1-3H3,(H2,31,38)(H3,32,33,34,35,36)/p+1. The van der Waals surface area contributed by atoms with Gasteiger partial charge in [0.2, 0.25) is 11.5 Å². The van der Waals surface area contributed by atoms with Gasteiger partial charge in [0.1, 0.15) is 5.69 Å². The number of amides is 1. The van der Waals surface area contributed by atoms with E-state index in [0.29, 0.717) is 46.2 Å². The second kappa shape index (κ2) is 10.9. The topological polar surface area (TPSA) is 122 Å². The molecule has 0 aliphatic carbocycles. The van der Waals surface area contributed by atoms with Crippen LogP contribution in [0.1, 0.15) is 48.5 Å². The summed E-state index contributed by atoms with van der Waals surface area (Å²) < 4.78 is 33.5. The number of piperidine rings is 1. The van der Waals surface area contributed by atoms with Gasteiger partial charge in [-0.15, -0.1) is 0 Å². The number of benzene rings is 2. The number of H-pyrrole nitrogens is 2. The maximum absolute atomic E-state index is 14.0. The molecule has 0 saturated carbocycles. The summed E-state index contributed by atoms with van der Waals surface area (Å²) in [6, 6.07) is 10.1. The summed E-state index contributed by atoms with van der Waals surface area (Å²) in [6.07, 6.45) is 3.90. The fraction of sp³-hybridized carbons (Fsp3) is 0.321. The molecule has 5 rings (SSSR count). The van der Waals surface area contributed by atoms with Gasteiger partial charge in [-0.05, 0) is 75.5 Å². The third-order valence-electron chi connectivity index (χ3n) is 7.26. The summed E-state index contributed by atoms with van der Waals surface area (Å²) in [4.78, 5) is 25.3. The van der Waals surface area contributed by atoms with Crippen LogP contribution in [-0.4, -0.2) is 47.0 Å². The molecule has 2 aromatic carbocycles. The third-order valence-corrected chi connectivity index (χ3v) is 7.26. The summed E-state index contributed by atoms with van der Waals surface area (Å²) in [7, 11) is 1.62. The molecule has 6 N–H and O–H groups in total. The zero-order chi connectivity index (χ0) is 27.7. The summed E-state index contributed by atoms with van der Waals surface area (Å²) in [6.45, 7) is 6.61. The van der Waals surface area contributed by atoms with Crippen LogP contribution in [-0.2, 0) is 0 Å². The molecule has 1 saturated heterocycles. The summed E-state index contributed by atoms with van der Waals surface area (Å²) >= 11 is 0. The van der Waals surface area contributed by atoms with Gasteiger partial charge in [0.25, 0.3) is 5.91 Å². The smallest absolute Gasteiger partial charge is 0.351 e. The van der Waals surface area contributed by atoms with Gasteiger partial charge in [0.05, 0.1) is 23.7 Å². The molecule has 1 amide bonds. The summed E-state index contributed by atoms with van der Waals surface area (Å²) in [5, 5.41) is 6.83. The average Bonchev–Trinajstić information content (AvgIpc) is 3.40. The molecule has 1 aliphatic rings. The number of ether oxygens (including phenoxy) is 1. The SMILES string of the molecule is COc1cc(C2CCN(C(C)C)CC2)ccc1Nc1nc(Nc2cc(F)c(F)cc2C(N)=O)c2cc[nH]c2[nH+]1. The number of anilines is 4. The number of methoxy groups -OCH3 is 1.